The van der Waals surface area contributed by atoms with Crippen molar-refractivity contribution < 1.29 is 23.1 Å². The molecule has 0 aromatic heterocycles. The first-order valence-electron chi connectivity index (χ1n) is 9.97. The zero-order valence-corrected chi connectivity index (χ0v) is 17.8. The van der Waals surface area contributed by atoms with Crippen LogP contribution in [0.5, 0.6) is 0 Å². The Labute approximate surface area is 186 Å². The van der Waals surface area contributed by atoms with Crippen LogP contribution in [0, 0.1) is 0 Å². The Bertz CT molecular complexity index is 1320. The Balaban J connectivity index is 1.96. The van der Waals surface area contributed by atoms with Gasteiger partial charge in [0.25, 0.3) is 0 Å². The van der Waals surface area contributed by atoms with Crippen LogP contribution in [0.2, 0.25) is 0 Å². The van der Waals surface area contributed by atoms with E-state index in [1.807, 2.05) is 0 Å². The summed E-state index contributed by atoms with van der Waals surface area (Å²) in [5, 5.41) is 10.9. The lowest BCUT2D eigenvalue weighted by molar-refractivity contribution is -0.111. The standard InChI is InChI=1S/C26H20O5S/c27-23-16-17-26(25(29)20-12-6-2-7-13-20,32(30,31)21-14-8-3-9-15-21)18-22(23)24(28)19-10-4-1-5-11-19/h1-17,28H,18H2. The fraction of sp³-hybridized carbons (Fsp3) is 0.0769. The third-order valence-corrected chi connectivity index (χ3v) is 7.84. The molecule has 1 N–H and O–H groups in total. The Morgan fingerprint density at radius 1 is 0.781 bits per heavy atom. The molecular weight excluding hydrogens is 424 g/mol. The van der Waals surface area contributed by atoms with Gasteiger partial charge in [0.1, 0.15) is 5.76 Å². The van der Waals surface area contributed by atoms with Crippen molar-refractivity contribution in [3.05, 3.63) is 120 Å². The van der Waals surface area contributed by atoms with Gasteiger partial charge in [-0.3, -0.25) is 9.59 Å². The summed E-state index contributed by atoms with van der Waals surface area (Å²) in [6.45, 7) is 0. The van der Waals surface area contributed by atoms with Crippen LogP contribution in [0.15, 0.2) is 114 Å². The molecule has 1 aliphatic carbocycles. The maximum atomic E-state index is 13.8. The number of benzene rings is 3. The first kappa shape index (κ1) is 21.5. The monoisotopic (exact) mass is 444 g/mol. The lowest BCUT2D eigenvalue weighted by atomic mass is 9.83. The number of aliphatic hydroxyl groups is 1. The molecular formula is C26H20O5S. The Hall–Kier alpha value is -3.77. The number of carbonyl (C=O) groups is 2. The summed E-state index contributed by atoms with van der Waals surface area (Å²) >= 11 is 0. The number of rotatable bonds is 5. The minimum Gasteiger partial charge on any atom is -0.507 e. The van der Waals surface area contributed by atoms with E-state index in [-0.39, 0.29) is 21.8 Å². The Morgan fingerprint density at radius 3 is 1.84 bits per heavy atom. The summed E-state index contributed by atoms with van der Waals surface area (Å²) in [7, 11) is -4.28. The smallest absolute Gasteiger partial charge is 0.195 e. The summed E-state index contributed by atoms with van der Waals surface area (Å²) in [5.74, 6) is -1.54. The summed E-state index contributed by atoms with van der Waals surface area (Å²) in [5.41, 5.74) is 0.441. The maximum Gasteiger partial charge on any atom is 0.195 e. The number of hydrogen-bond acceptors (Lipinski definition) is 5. The van der Waals surface area contributed by atoms with Crippen LogP contribution < -0.4 is 0 Å². The number of aliphatic hydroxyl groups excluding tert-OH is 1. The van der Waals surface area contributed by atoms with Crippen LogP contribution in [0.25, 0.3) is 5.76 Å². The average Bonchev–Trinajstić information content (AvgIpc) is 2.85. The molecule has 0 fully saturated rings. The maximum absolute atomic E-state index is 13.8. The van der Waals surface area contributed by atoms with Gasteiger partial charge < -0.3 is 5.11 Å². The molecule has 4 rings (SSSR count). The molecule has 0 saturated carbocycles. The first-order chi connectivity index (χ1) is 15.4. The molecule has 0 aliphatic heterocycles. The average molecular weight is 445 g/mol. The van der Waals surface area contributed by atoms with Gasteiger partial charge in [0.2, 0.25) is 0 Å². The molecule has 1 atom stereocenters. The van der Waals surface area contributed by atoms with Crippen molar-refractivity contribution in [2.45, 2.75) is 16.1 Å². The van der Waals surface area contributed by atoms with E-state index >= 15 is 0 Å². The molecule has 1 aliphatic rings. The third-order valence-electron chi connectivity index (χ3n) is 5.53. The molecule has 0 heterocycles. The van der Waals surface area contributed by atoms with Gasteiger partial charge >= 0.3 is 0 Å². The third kappa shape index (κ3) is 3.59. The summed E-state index contributed by atoms with van der Waals surface area (Å²) in [6, 6.07) is 24.1. The number of carbonyl (C=O) groups excluding carboxylic acids is 2. The second kappa shape index (κ2) is 8.40. The lowest BCUT2D eigenvalue weighted by Crippen LogP contribution is -2.47. The van der Waals surface area contributed by atoms with Gasteiger partial charge in [0, 0.05) is 23.1 Å². The zero-order valence-electron chi connectivity index (χ0n) is 17.0. The highest BCUT2D eigenvalue weighted by atomic mass is 32.2. The summed E-state index contributed by atoms with van der Waals surface area (Å²) in [4.78, 5) is 26.4. The molecule has 6 heteroatoms. The fourth-order valence-corrected chi connectivity index (χ4v) is 5.68. The molecule has 160 valence electrons. The minimum absolute atomic E-state index is 0.0400. The van der Waals surface area contributed by atoms with Crippen molar-refractivity contribution in [3.8, 4) is 0 Å². The van der Waals surface area contributed by atoms with Crippen molar-refractivity contribution in [3.63, 3.8) is 0 Å². The molecule has 0 saturated heterocycles. The van der Waals surface area contributed by atoms with E-state index in [4.69, 9.17) is 0 Å². The van der Waals surface area contributed by atoms with Crippen LogP contribution in [-0.2, 0) is 14.6 Å². The van der Waals surface area contributed by atoms with Crippen LogP contribution in [0.4, 0.5) is 0 Å². The number of sulfone groups is 1. The van der Waals surface area contributed by atoms with Gasteiger partial charge in [0.15, 0.2) is 26.2 Å². The van der Waals surface area contributed by atoms with Gasteiger partial charge in [-0.05, 0) is 18.2 Å². The predicted octanol–water partition coefficient (Wildman–Crippen LogP) is 4.58. The Kier molecular flexibility index (Phi) is 5.63. The first-order valence-corrected chi connectivity index (χ1v) is 11.5. The molecule has 0 radical (unpaired) electrons. The van der Waals surface area contributed by atoms with Crippen molar-refractivity contribution in [1.82, 2.24) is 0 Å². The second-order valence-electron chi connectivity index (χ2n) is 7.47. The largest absolute Gasteiger partial charge is 0.507 e. The van der Waals surface area contributed by atoms with Gasteiger partial charge in [-0.1, -0.05) is 84.9 Å². The van der Waals surface area contributed by atoms with E-state index in [9.17, 15) is 23.1 Å². The van der Waals surface area contributed by atoms with Crippen molar-refractivity contribution in [2.75, 3.05) is 0 Å². The van der Waals surface area contributed by atoms with E-state index in [2.05, 4.69) is 0 Å². The van der Waals surface area contributed by atoms with Crippen LogP contribution >= 0.6 is 0 Å². The molecule has 0 amide bonds. The number of Topliss-reactive ketones (excluding diaryl/α,β-unsaturated/α-hetero) is 1. The predicted molar refractivity (Wildman–Crippen MR) is 122 cm³/mol. The molecule has 0 spiro atoms. The van der Waals surface area contributed by atoms with Crippen molar-refractivity contribution in [2.24, 2.45) is 0 Å². The Morgan fingerprint density at radius 2 is 1.28 bits per heavy atom. The number of allylic oxidation sites excluding steroid dienone is 2. The van der Waals surface area contributed by atoms with E-state index in [1.165, 1.54) is 24.3 Å². The summed E-state index contributed by atoms with van der Waals surface area (Å²) in [6.07, 6.45) is 1.75. The normalized spacial score (nSPS) is 20.1. The van der Waals surface area contributed by atoms with E-state index in [0.29, 0.717) is 5.56 Å². The molecule has 3 aromatic rings. The SMILES string of the molecule is O=C1C=CC(C(=O)c2ccccc2)(S(=O)(=O)c2ccccc2)CC1=C(O)c1ccccc1. The van der Waals surface area contributed by atoms with Gasteiger partial charge in [0.05, 0.1) is 4.90 Å². The van der Waals surface area contributed by atoms with Crippen molar-refractivity contribution >= 4 is 27.2 Å². The summed E-state index contributed by atoms with van der Waals surface area (Å²) < 4.78 is 25.6. The highest BCUT2D eigenvalue weighted by Gasteiger charge is 2.52. The number of ketones is 2. The topological polar surface area (TPSA) is 88.5 Å². The van der Waals surface area contributed by atoms with Crippen LogP contribution in [0.1, 0.15) is 22.3 Å². The molecule has 5 nitrogen and oxygen atoms in total. The molecule has 1 unspecified atom stereocenters. The molecule has 32 heavy (non-hydrogen) atoms. The van der Waals surface area contributed by atoms with E-state index in [1.54, 1.807) is 66.7 Å². The van der Waals surface area contributed by atoms with E-state index in [0.717, 1.165) is 12.2 Å². The highest BCUT2D eigenvalue weighted by Crippen LogP contribution is 2.40. The fourth-order valence-electron chi connectivity index (χ4n) is 3.80. The molecule has 0 bridgehead atoms. The van der Waals surface area contributed by atoms with Gasteiger partial charge in [-0.25, -0.2) is 8.42 Å². The van der Waals surface area contributed by atoms with Crippen LogP contribution in [-0.4, -0.2) is 29.8 Å². The zero-order chi connectivity index (χ0) is 22.8. The second-order valence-corrected chi connectivity index (χ2v) is 9.68. The number of hydrogen-bond donors (Lipinski definition) is 1. The highest BCUT2D eigenvalue weighted by molar-refractivity contribution is 7.94. The lowest BCUT2D eigenvalue weighted by Gasteiger charge is -2.32. The van der Waals surface area contributed by atoms with Crippen molar-refractivity contribution in [1.29, 1.82) is 0 Å². The van der Waals surface area contributed by atoms with Gasteiger partial charge in [-0.2, -0.15) is 0 Å². The van der Waals surface area contributed by atoms with Gasteiger partial charge in [-0.15, -0.1) is 0 Å². The minimum atomic E-state index is -4.28. The quantitative estimate of drug-likeness (QED) is 0.354. The van der Waals surface area contributed by atoms with Crippen LogP contribution in [0.3, 0.4) is 0 Å². The molecule has 3 aromatic carbocycles. The van der Waals surface area contributed by atoms with E-state index < -0.39 is 32.6 Å².